The molecule has 140 valence electrons. The van der Waals surface area contributed by atoms with Crippen LogP contribution in [-0.4, -0.2) is 31.6 Å². The molecule has 2 aromatic rings. The molecule has 12 heteroatoms. The van der Waals surface area contributed by atoms with Gasteiger partial charge in [0.25, 0.3) is 5.69 Å². The van der Waals surface area contributed by atoms with Crippen LogP contribution >= 0.6 is 7.60 Å². The van der Waals surface area contributed by atoms with E-state index in [9.17, 15) is 28.0 Å². The Balaban J connectivity index is 2.03. The number of hydrogen-bond acceptors (Lipinski definition) is 7. The second kappa shape index (κ2) is 7.83. The number of nitro benzene ring substituents is 1. The fraction of sp³-hybridized carbons (Fsp3) is 0.143. The van der Waals surface area contributed by atoms with Crippen molar-refractivity contribution in [1.82, 2.24) is 4.72 Å². The maximum atomic E-state index is 12.1. The lowest BCUT2D eigenvalue weighted by Crippen LogP contribution is -2.25. The Labute approximate surface area is 149 Å². The summed E-state index contributed by atoms with van der Waals surface area (Å²) in [4.78, 5) is 19.6. The third kappa shape index (κ3) is 5.27. The molecule has 1 atom stereocenters. The van der Waals surface area contributed by atoms with Gasteiger partial charge in [0.15, 0.2) is 0 Å². The molecule has 0 heterocycles. The van der Waals surface area contributed by atoms with Crippen molar-refractivity contribution in [3.05, 3.63) is 58.6 Å². The van der Waals surface area contributed by atoms with Crippen LogP contribution < -0.4 is 14.0 Å². The number of non-ortho nitro benzene ring substituents is 1. The lowest BCUT2D eigenvalue weighted by Gasteiger charge is -2.14. The average Bonchev–Trinajstić information content (AvgIpc) is 2.60. The molecule has 26 heavy (non-hydrogen) atoms. The molecular weight excluding hydrogens is 387 g/mol. The van der Waals surface area contributed by atoms with Crippen LogP contribution in [0.15, 0.2) is 53.4 Å². The third-order valence-corrected chi connectivity index (χ3v) is 5.80. The van der Waals surface area contributed by atoms with E-state index in [0.29, 0.717) is 5.75 Å². The Morgan fingerprint density at radius 3 is 2.15 bits per heavy atom. The average molecular weight is 402 g/mol. The van der Waals surface area contributed by atoms with Crippen molar-refractivity contribution in [2.75, 3.05) is 13.4 Å². The van der Waals surface area contributed by atoms with Crippen LogP contribution in [0.25, 0.3) is 0 Å². The Morgan fingerprint density at radius 2 is 1.65 bits per heavy atom. The van der Waals surface area contributed by atoms with Gasteiger partial charge in [-0.2, -0.15) is 4.72 Å². The van der Waals surface area contributed by atoms with Crippen molar-refractivity contribution >= 4 is 23.3 Å². The van der Waals surface area contributed by atoms with Crippen molar-refractivity contribution in [1.29, 1.82) is 0 Å². The van der Waals surface area contributed by atoms with Gasteiger partial charge in [0.2, 0.25) is 10.0 Å². The van der Waals surface area contributed by atoms with Crippen molar-refractivity contribution < 1.29 is 32.1 Å². The lowest BCUT2D eigenvalue weighted by atomic mass is 10.3. The molecule has 0 amide bonds. The fourth-order valence-electron chi connectivity index (χ4n) is 1.83. The molecule has 2 aromatic carbocycles. The highest BCUT2D eigenvalue weighted by Gasteiger charge is 2.25. The summed E-state index contributed by atoms with van der Waals surface area (Å²) in [5, 5.41) is 10.6. The summed E-state index contributed by atoms with van der Waals surface area (Å²) in [5.74, 6) is 0.350. The van der Waals surface area contributed by atoms with E-state index in [0.717, 1.165) is 24.3 Å². The highest BCUT2D eigenvalue weighted by atomic mass is 32.2. The monoisotopic (exact) mass is 402 g/mol. The minimum atomic E-state index is -4.37. The summed E-state index contributed by atoms with van der Waals surface area (Å²) in [6.07, 6.45) is -0.877. The maximum absolute atomic E-state index is 12.1. The van der Waals surface area contributed by atoms with E-state index in [1.54, 1.807) is 0 Å². The highest BCUT2D eigenvalue weighted by Crippen LogP contribution is 2.42. The zero-order valence-electron chi connectivity index (χ0n) is 13.4. The number of rotatable bonds is 8. The molecule has 0 saturated heterocycles. The Morgan fingerprint density at radius 1 is 1.12 bits per heavy atom. The topological polar surface area (TPSA) is 145 Å². The molecule has 0 fully saturated rings. The SMILES string of the molecule is COc1ccc(S(=O)(=O)NCP(=O)(O)Oc2ccc([N+](=O)[O-])cc2)cc1. The largest absolute Gasteiger partial charge is 0.497 e. The number of ether oxygens (including phenoxy) is 1. The minimum Gasteiger partial charge on any atom is -0.497 e. The van der Waals surface area contributed by atoms with Crippen LogP contribution in [0.1, 0.15) is 0 Å². The van der Waals surface area contributed by atoms with Gasteiger partial charge >= 0.3 is 7.60 Å². The van der Waals surface area contributed by atoms with Gasteiger partial charge in [0.1, 0.15) is 17.8 Å². The van der Waals surface area contributed by atoms with E-state index < -0.39 is 28.8 Å². The number of methoxy groups -OCH3 is 1. The van der Waals surface area contributed by atoms with Gasteiger partial charge in [-0.1, -0.05) is 0 Å². The van der Waals surface area contributed by atoms with Gasteiger partial charge in [0.05, 0.1) is 16.9 Å². The summed E-state index contributed by atoms with van der Waals surface area (Å²) >= 11 is 0. The van der Waals surface area contributed by atoms with E-state index >= 15 is 0 Å². The molecule has 0 spiro atoms. The standard InChI is InChI=1S/C14H15N2O8PS/c1-23-12-6-8-14(9-7-12)26(21,22)15-10-25(19,20)24-13-4-2-11(3-5-13)16(17)18/h2-9,15H,10H2,1H3,(H,19,20). The second-order valence-electron chi connectivity index (χ2n) is 4.96. The number of hydrogen-bond donors (Lipinski definition) is 2. The van der Waals surface area contributed by atoms with Gasteiger partial charge < -0.3 is 14.2 Å². The summed E-state index contributed by atoms with van der Waals surface area (Å²) in [7, 11) is -6.98. The van der Waals surface area contributed by atoms with Gasteiger partial charge in [-0.3, -0.25) is 10.1 Å². The van der Waals surface area contributed by atoms with Crippen LogP contribution in [0.4, 0.5) is 5.69 Å². The molecule has 0 radical (unpaired) electrons. The predicted molar refractivity (Wildman–Crippen MR) is 91.7 cm³/mol. The van der Waals surface area contributed by atoms with Gasteiger partial charge in [-0.15, -0.1) is 0 Å². The first kappa shape index (κ1) is 19.9. The Hall–Kier alpha value is -2.46. The quantitative estimate of drug-likeness (QED) is 0.388. The molecule has 0 bridgehead atoms. The predicted octanol–water partition coefficient (Wildman–Crippen LogP) is 2.10. The minimum absolute atomic E-state index is 0.106. The molecule has 0 aliphatic carbocycles. The fourth-order valence-corrected chi connectivity index (χ4v) is 4.34. The first-order valence-electron chi connectivity index (χ1n) is 7.02. The van der Waals surface area contributed by atoms with Crippen molar-refractivity contribution in [2.45, 2.75) is 4.90 Å². The van der Waals surface area contributed by atoms with Crippen molar-refractivity contribution in [2.24, 2.45) is 0 Å². The van der Waals surface area contributed by atoms with E-state index in [4.69, 9.17) is 9.26 Å². The summed E-state index contributed by atoms with van der Waals surface area (Å²) < 4.78 is 48.1. The molecule has 1 unspecified atom stereocenters. The molecule has 2 rings (SSSR count). The first-order valence-corrected chi connectivity index (χ1v) is 10.3. The normalized spacial score (nSPS) is 13.6. The molecule has 2 N–H and O–H groups in total. The molecular formula is C14H15N2O8PS. The molecule has 10 nitrogen and oxygen atoms in total. The van der Waals surface area contributed by atoms with E-state index in [2.05, 4.69) is 0 Å². The van der Waals surface area contributed by atoms with Crippen LogP contribution in [0.5, 0.6) is 11.5 Å². The van der Waals surface area contributed by atoms with E-state index in [1.807, 2.05) is 4.72 Å². The molecule has 0 aliphatic rings. The number of benzene rings is 2. The zero-order chi connectivity index (χ0) is 19.4. The number of sulfonamides is 1. The van der Waals surface area contributed by atoms with Gasteiger partial charge in [-0.25, -0.2) is 13.0 Å². The molecule has 0 aromatic heterocycles. The third-order valence-electron chi connectivity index (χ3n) is 3.12. The lowest BCUT2D eigenvalue weighted by molar-refractivity contribution is -0.384. The summed E-state index contributed by atoms with van der Waals surface area (Å²) in [6.45, 7) is 0. The van der Waals surface area contributed by atoms with Crippen LogP contribution in [-0.2, 0) is 14.6 Å². The molecule has 0 saturated carbocycles. The van der Waals surface area contributed by atoms with E-state index in [1.165, 1.54) is 31.4 Å². The molecule has 0 aliphatic heterocycles. The number of nitrogens with one attached hydrogen (secondary N) is 1. The number of nitro groups is 1. The zero-order valence-corrected chi connectivity index (χ0v) is 15.1. The summed E-state index contributed by atoms with van der Waals surface area (Å²) in [5.41, 5.74) is -0.217. The van der Waals surface area contributed by atoms with E-state index in [-0.39, 0.29) is 16.3 Å². The van der Waals surface area contributed by atoms with Gasteiger partial charge in [0, 0.05) is 12.1 Å². The maximum Gasteiger partial charge on any atom is 0.391 e. The first-order chi connectivity index (χ1) is 12.1. The van der Waals surface area contributed by atoms with Crippen LogP contribution in [0, 0.1) is 10.1 Å². The van der Waals surface area contributed by atoms with Crippen molar-refractivity contribution in [3.8, 4) is 11.5 Å². The second-order valence-corrected chi connectivity index (χ2v) is 8.50. The Kier molecular flexibility index (Phi) is 5.98. The number of nitrogens with zero attached hydrogens (tertiary/aromatic N) is 1. The van der Waals surface area contributed by atoms with Crippen LogP contribution in [0.3, 0.4) is 0 Å². The Bertz CT molecular complexity index is 928. The summed E-state index contributed by atoms with van der Waals surface area (Å²) in [6, 6.07) is 9.88. The van der Waals surface area contributed by atoms with Gasteiger partial charge in [-0.05, 0) is 36.4 Å². The van der Waals surface area contributed by atoms with Crippen molar-refractivity contribution in [3.63, 3.8) is 0 Å². The smallest absolute Gasteiger partial charge is 0.391 e. The highest BCUT2D eigenvalue weighted by molar-refractivity contribution is 7.89. The van der Waals surface area contributed by atoms with Crippen LogP contribution in [0.2, 0.25) is 0 Å².